The molecule has 33 heavy (non-hydrogen) atoms. The highest BCUT2D eigenvalue weighted by molar-refractivity contribution is 5.98. The molecule has 0 aliphatic carbocycles. The van der Waals surface area contributed by atoms with Crippen LogP contribution in [0.15, 0.2) is 72.8 Å². The molecule has 1 aliphatic rings. The number of carbonyl (C=O) groups excluding carboxylic acids is 3. The number of amides is 4. The van der Waals surface area contributed by atoms with Crippen molar-refractivity contribution in [2.45, 2.75) is 19.2 Å². The van der Waals surface area contributed by atoms with Gasteiger partial charge >= 0.3 is 6.03 Å². The molecule has 4 rings (SSSR count). The first-order chi connectivity index (χ1) is 16.0. The predicted octanol–water partition coefficient (Wildman–Crippen LogP) is 3.56. The fourth-order valence-corrected chi connectivity index (χ4v) is 3.72. The Kier molecular flexibility index (Phi) is 6.64. The van der Waals surface area contributed by atoms with Gasteiger partial charge in [-0.2, -0.15) is 0 Å². The van der Waals surface area contributed by atoms with Crippen molar-refractivity contribution in [2.75, 3.05) is 6.54 Å². The molecular weight excluding hydrogens is 425 g/mol. The summed E-state index contributed by atoms with van der Waals surface area (Å²) in [5.41, 5.74) is 3.01. The zero-order chi connectivity index (χ0) is 23.2. The van der Waals surface area contributed by atoms with Gasteiger partial charge in [0.2, 0.25) is 6.41 Å². The van der Waals surface area contributed by atoms with E-state index in [0.29, 0.717) is 30.0 Å². The smallest absolute Gasteiger partial charge is 0.321 e. The van der Waals surface area contributed by atoms with Crippen LogP contribution in [0.25, 0.3) is 0 Å². The van der Waals surface area contributed by atoms with Gasteiger partial charge in [-0.3, -0.25) is 14.9 Å². The number of urea groups is 1. The van der Waals surface area contributed by atoms with Crippen LogP contribution < -0.4 is 15.4 Å². The minimum absolute atomic E-state index is 0.144. The molecule has 7 nitrogen and oxygen atoms in total. The summed E-state index contributed by atoms with van der Waals surface area (Å²) in [6.07, 6.45) is 0.269. The van der Waals surface area contributed by atoms with Gasteiger partial charge in [0, 0.05) is 18.7 Å². The first-order valence-corrected chi connectivity index (χ1v) is 10.4. The second-order valence-corrected chi connectivity index (χ2v) is 7.62. The third-order valence-corrected chi connectivity index (χ3v) is 5.38. The monoisotopic (exact) mass is 447 g/mol. The Morgan fingerprint density at radius 2 is 1.85 bits per heavy atom. The van der Waals surface area contributed by atoms with Gasteiger partial charge in [-0.1, -0.05) is 48.5 Å². The number of nitrogens with one attached hydrogen (secondary N) is 2. The van der Waals surface area contributed by atoms with Gasteiger partial charge in [0.1, 0.15) is 18.2 Å². The Hall–Kier alpha value is -4.20. The zero-order valence-corrected chi connectivity index (χ0v) is 17.7. The lowest BCUT2D eigenvalue weighted by Gasteiger charge is -2.25. The van der Waals surface area contributed by atoms with E-state index >= 15 is 0 Å². The van der Waals surface area contributed by atoms with Crippen molar-refractivity contribution in [2.24, 2.45) is 0 Å². The number of benzene rings is 3. The van der Waals surface area contributed by atoms with Crippen molar-refractivity contribution in [3.05, 3.63) is 101 Å². The van der Waals surface area contributed by atoms with Crippen molar-refractivity contribution in [1.29, 1.82) is 0 Å². The van der Waals surface area contributed by atoms with Crippen LogP contribution in [0.2, 0.25) is 0 Å². The molecule has 0 spiro atoms. The van der Waals surface area contributed by atoms with Crippen LogP contribution in [0.5, 0.6) is 5.75 Å². The molecule has 0 saturated carbocycles. The van der Waals surface area contributed by atoms with E-state index in [2.05, 4.69) is 5.32 Å². The molecule has 0 radical (unpaired) electrons. The van der Waals surface area contributed by atoms with E-state index in [1.165, 1.54) is 24.3 Å². The molecule has 3 aromatic rings. The topological polar surface area (TPSA) is 87.7 Å². The number of hydrogen-bond acceptors (Lipinski definition) is 4. The quantitative estimate of drug-likeness (QED) is 0.517. The third kappa shape index (κ3) is 5.35. The van der Waals surface area contributed by atoms with Gasteiger partial charge in [-0.15, -0.1) is 0 Å². The Morgan fingerprint density at radius 1 is 1.09 bits per heavy atom. The molecule has 1 atom stereocenters. The Balaban J connectivity index is 1.47. The van der Waals surface area contributed by atoms with Crippen molar-refractivity contribution >= 4 is 18.3 Å². The summed E-state index contributed by atoms with van der Waals surface area (Å²) < 4.78 is 19.2. The zero-order valence-electron chi connectivity index (χ0n) is 17.7. The fourth-order valence-electron chi connectivity index (χ4n) is 3.72. The number of nitrogens with zero attached hydrogens (tertiary/aromatic N) is 1. The van der Waals surface area contributed by atoms with Crippen LogP contribution in [0.3, 0.4) is 0 Å². The minimum atomic E-state index is -0.708. The van der Waals surface area contributed by atoms with Crippen LogP contribution in [-0.4, -0.2) is 29.8 Å². The lowest BCUT2D eigenvalue weighted by Crippen LogP contribution is -2.42. The fraction of sp³-hybridized carbons (Fsp3) is 0.160. The summed E-state index contributed by atoms with van der Waals surface area (Å²) in [6.45, 7) is 0.896. The van der Waals surface area contributed by atoms with Crippen molar-refractivity contribution in [3.63, 3.8) is 0 Å². The lowest BCUT2D eigenvalue weighted by atomic mass is 10.1. The van der Waals surface area contributed by atoms with E-state index in [1.54, 1.807) is 11.0 Å². The Morgan fingerprint density at radius 3 is 2.58 bits per heavy atom. The van der Waals surface area contributed by atoms with Gasteiger partial charge in [-0.25, -0.2) is 9.18 Å². The van der Waals surface area contributed by atoms with E-state index in [0.717, 1.165) is 11.1 Å². The van der Waals surface area contributed by atoms with E-state index in [-0.39, 0.29) is 18.9 Å². The van der Waals surface area contributed by atoms with E-state index in [4.69, 9.17) is 4.74 Å². The maximum absolute atomic E-state index is 13.4. The molecule has 4 amide bonds. The number of carbonyl (C=O) groups is 3. The van der Waals surface area contributed by atoms with Crippen LogP contribution in [-0.2, 0) is 17.9 Å². The molecule has 0 fully saturated rings. The van der Waals surface area contributed by atoms with Crippen LogP contribution >= 0.6 is 0 Å². The predicted molar refractivity (Wildman–Crippen MR) is 119 cm³/mol. The summed E-state index contributed by atoms with van der Waals surface area (Å²) >= 11 is 0. The summed E-state index contributed by atoms with van der Waals surface area (Å²) in [7, 11) is 0. The number of ether oxygens (including phenoxy) is 1. The van der Waals surface area contributed by atoms with Crippen LogP contribution in [0.4, 0.5) is 9.18 Å². The van der Waals surface area contributed by atoms with Crippen molar-refractivity contribution in [3.8, 4) is 5.75 Å². The van der Waals surface area contributed by atoms with E-state index < -0.39 is 17.9 Å². The van der Waals surface area contributed by atoms with Gasteiger partial charge in [-0.05, 0) is 41.0 Å². The average molecular weight is 447 g/mol. The van der Waals surface area contributed by atoms with E-state index in [9.17, 15) is 18.8 Å². The number of halogens is 1. The standard InChI is InChI=1S/C25H22FN3O4/c26-20-9-6-18(7-10-20)23(28-25(32)27-16-30)14-29-13-19-8-11-21(12-22(19)24(29)31)33-15-17-4-2-1-3-5-17/h1-12,16,23H,13-15H2,(H2,27,28,30,32)/t23-/m0/s1. The van der Waals surface area contributed by atoms with Crippen LogP contribution in [0, 0.1) is 5.82 Å². The number of hydrogen-bond donors (Lipinski definition) is 2. The Bertz CT molecular complexity index is 1150. The highest BCUT2D eigenvalue weighted by atomic mass is 19.1. The second-order valence-electron chi connectivity index (χ2n) is 7.62. The molecule has 1 aliphatic heterocycles. The summed E-state index contributed by atoms with van der Waals surface area (Å²) in [4.78, 5) is 37.2. The molecule has 168 valence electrons. The van der Waals surface area contributed by atoms with Gasteiger partial charge < -0.3 is 15.0 Å². The first-order valence-electron chi connectivity index (χ1n) is 10.4. The molecule has 8 heteroatoms. The number of fused-ring (bicyclic) bond motifs is 1. The maximum Gasteiger partial charge on any atom is 0.321 e. The largest absolute Gasteiger partial charge is 0.489 e. The molecular formula is C25H22FN3O4. The SMILES string of the molecule is O=CNC(=O)N[C@@H](CN1Cc2ccc(OCc3ccccc3)cc2C1=O)c1ccc(F)cc1. The normalized spacial score (nSPS) is 13.2. The van der Waals surface area contributed by atoms with Crippen LogP contribution in [0.1, 0.15) is 33.1 Å². The molecule has 2 N–H and O–H groups in total. The van der Waals surface area contributed by atoms with Crippen molar-refractivity contribution < 1.29 is 23.5 Å². The molecule has 3 aromatic carbocycles. The summed E-state index contributed by atoms with van der Waals surface area (Å²) in [5, 5.41) is 4.68. The molecule has 1 heterocycles. The van der Waals surface area contributed by atoms with Gasteiger partial charge in [0.15, 0.2) is 0 Å². The molecule has 0 bridgehead atoms. The molecule has 0 saturated heterocycles. The second kappa shape index (κ2) is 9.95. The summed E-state index contributed by atoms with van der Waals surface area (Å²) in [5.74, 6) is -0.0197. The van der Waals surface area contributed by atoms with E-state index in [1.807, 2.05) is 47.8 Å². The summed E-state index contributed by atoms with van der Waals surface area (Å²) in [6, 6.07) is 19.4. The first kappa shape index (κ1) is 22.0. The number of imide groups is 1. The highest BCUT2D eigenvalue weighted by Gasteiger charge is 2.30. The minimum Gasteiger partial charge on any atom is -0.489 e. The van der Waals surface area contributed by atoms with Gasteiger partial charge in [0.25, 0.3) is 5.91 Å². The lowest BCUT2D eigenvalue weighted by molar-refractivity contribution is -0.108. The third-order valence-electron chi connectivity index (χ3n) is 5.38. The Labute approximate surface area is 190 Å². The van der Waals surface area contributed by atoms with Gasteiger partial charge in [0.05, 0.1) is 6.04 Å². The molecule has 0 unspecified atom stereocenters. The highest BCUT2D eigenvalue weighted by Crippen LogP contribution is 2.29. The molecule has 0 aromatic heterocycles. The van der Waals surface area contributed by atoms with Crippen molar-refractivity contribution in [1.82, 2.24) is 15.5 Å². The maximum atomic E-state index is 13.4. The average Bonchev–Trinajstić information content (AvgIpc) is 3.13. The number of rotatable bonds is 8.